The van der Waals surface area contributed by atoms with E-state index in [0.29, 0.717) is 0 Å². The molecule has 10 nitrogen and oxygen atoms in total. The van der Waals surface area contributed by atoms with Crippen molar-refractivity contribution in [2.45, 2.75) is 12.1 Å². The molecule has 0 bridgehead atoms. The van der Waals surface area contributed by atoms with Crippen molar-refractivity contribution in [1.29, 1.82) is 0 Å². The lowest BCUT2D eigenvalue weighted by molar-refractivity contribution is -0.139. The number of aliphatic carboxylic acids is 2. The largest absolute Gasteiger partial charge is 0.507 e. The first kappa shape index (κ1) is 24.9. The molecule has 0 unspecified atom stereocenters. The van der Waals surface area contributed by atoms with Gasteiger partial charge >= 0.3 is 11.9 Å². The minimum atomic E-state index is -1.30. The number of nitrogens with one attached hydrogen (secondary N) is 2. The van der Waals surface area contributed by atoms with E-state index >= 15 is 0 Å². The van der Waals surface area contributed by atoms with Gasteiger partial charge in [-0.15, -0.1) is 0 Å². The third kappa shape index (κ3) is 7.10. The number of hydrogen-bond donors (Lipinski definition) is 6. The zero-order chi connectivity index (χ0) is 23.7. The van der Waals surface area contributed by atoms with Crippen LogP contribution in [0.5, 0.6) is 11.5 Å². The van der Waals surface area contributed by atoms with Crippen molar-refractivity contribution in [1.82, 2.24) is 10.6 Å². The quantitative estimate of drug-likeness (QED) is 0.205. The maximum Gasteiger partial charge on any atom is 0.327 e. The molecule has 2 amide bonds. The first-order valence-corrected chi connectivity index (χ1v) is 11.6. The summed E-state index contributed by atoms with van der Waals surface area (Å²) in [6.07, 6.45) is 0. The van der Waals surface area contributed by atoms with E-state index in [4.69, 9.17) is 0 Å². The van der Waals surface area contributed by atoms with Crippen molar-refractivity contribution >= 4 is 45.3 Å². The monoisotopic (exact) mass is 480 g/mol. The smallest absolute Gasteiger partial charge is 0.327 e. The van der Waals surface area contributed by atoms with Crippen LogP contribution in [-0.2, 0) is 9.59 Å². The van der Waals surface area contributed by atoms with Gasteiger partial charge in [-0.05, 0) is 24.3 Å². The summed E-state index contributed by atoms with van der Waals surface area (Å²) in [6.45, 7) is 0. The number of carboxylic acid groups (broad SMARTS) is 2. The minimum absolute atomic E-state index is 0.0748. The number of carbonyl (C=O) groups excluding carboxylic acids is 2. The Morgan fingerprint density at radius 1 is 0.688 bits per heavy atom. The standard InChI is InChI=1S/C20H20N2O8S2/c23-15-7-3-1-5-11(15)17(25)21-13(19(27)28)9-31-32-10-14(20(29)30)22-18(26)12-6-2-4-8-16(12)24/h1-8,13-14,23-24H,9-10H2,(H,21,25)(H,22,26)(H,27,28)(H,29,30)/t13-,14-/m0/s1. The second kappa shape index (κ2) is 11.9. The van der Waals surface area contributed by atoms with E-state index < -0.39 is 35.8 Å². The molecule has 2 aromatic carbocycles. The topological polar surface area (TPSA) is 173 Å². The highest BCUT2D eigenvalue weighted by Crippen LogP contribution is 2.24. The van der Waals surface area contributed by atoms with Crippen LogP contribution in [0.1, 0.15) is 20.7 Å². The van der Waals surface area contributed by atoms with Gasteiger partial charge in [0.05, 0.1) is 11.1 Å². The molecule has 0 saturated heterocycles. The third-order valence-electron chi connectivity index (χ3n) is 4.06. The van der Waals surface area contributed by atoms with Gasteiger partial charge in [-0.25, -0.2) is 9.59 Å². The Morgan fingerprint density at radius 3 is 1.34 bits per heavy atom. The number of hydrogen-bond acceptors (Lipinski definition) is 8. The predicted octanol–water partition coefficient (Wildman–Crippen LogP) is 1.55. The zero-order valence-electron chi connectivity index (χ0n) is 16.4. The fourth-order valence-corrected chi connectivity index (χ4v) is 4.70. The highest BCUT2D eigenvalue weighted by Gasteiger charge is 2.25. The number of aromatic hydroxyl groups is 2. The van der Waals surface area contributed by atoms with Gasteiger partial charge in [0.25, 0.3) is 11.8 Å². The Kier molecular flexibility index (Phi) is 9.22. The summed E-state index contributed by atoms with van der Waals surface area (Å²) in [5, 5.41) is 42.7. The molecular weight excluding hydrogens is 460 g/mol. The predicted molar refractivity (Wildman–Crippen MR) is 119 cm³/mol. The number of rotatable bonds is 11. The van der Waals surface area contributed by atoms with Crippen LogP contribution >= 0.6 is 21.6 Å². The molecule has 32 heavy (non-hydrogen) atoms. The van der Waals surface area contributed by atoms with Crippen LogP contribution in [0.3, 0.4) is 0 Å². The molecule has 170 valence electrons. The Morgan fingerprint density at radius 2 is 1.03 bits per heavy atom. The fourth-order valence-electron chi connectivity index (χ4n) is 2.38. The molecule has 2 atom stereocenters. The van der Waals surface area contributed by atoms with Gasteiger partial charge in [-0.2, -0.15) is 0 Å². The summed E-state index contributed by atoms with van der Waals surface area (Å²) in [6, 6.07) is 8.77. The summed E-state index contributed by atoms with van der Waals surface area (Å²) in [7, 11) is 1.99. The summed E-state index contributed by atoms with van der Waals surface area (Å²) in [4.78, 5) is 47.3. The highest BCUT2D eigenvalue weighted by molar-refractivity contribution is 8.76. The van der Waals surface area contributed by atoms with Crippen LogP contribution in [0.15, 0.2) is 48.5 Å². The molecule has 0 aliphatic rings. The van der Waals surface area contributed by atoms with Crippen molar-refractivity contribution in [3.8, 4) is 11.5 Å². The molecule has 0 fully saturated rings. The lowest BCUT2D eigenvalue weighted by Gasteiger charge is -2.16. The fraction of sp³-hybridized carbons (Fsp3) is 0.200. The van der Waals surface area contributed by atoms with Crippen LogP contribution in [-0.4, -0.2) is 67.8 Å². The number of benzene rings is 2. The Balaban J connectivity index is 1.88. The van der Waals surface area contributed by atoms with Crippen LogP contribution < -0.4 is 10.6 Å². The van der Waals surface area contributed by atoms with Gasteiger partial charge in [0, 0.05) is 11.5 Å². The average Bonchev–Trinajstić information content (AvgIpc) is 2.74. The molecule has 0 saturated carbocycles. The zero-order valence-corrected chi connectivity index (χ0v) is 18.1. The molecule has 2 aromatic rings. The van der Waals surface area contributed by atoms with Gasteiger partial charge in [-0.1, -0.05) is 45.9 Å². The third-order valence-corrected chi connectivity index (χ3v) is 6.48. The van der Waals surface area contributed by atoms with Gasteiger partial charge in [-0.3, -0.25) is 9.59 Å². The molecule has 6 N–H and O–H groups in total. The van der Waals surface area contributed by atoms with Gasteiger partial charge < -0.3 is 31.1 Å². The normalized spacial score (nSPS) is 12.4. The molecule has 0 aliphatic heterocycles. The average molecular weight is 481 g/mol. The van der Waals surface area contributed by atoms with Crippen LogP contribution in [0, 0.1) is 0 Å². The molecule has 0 aromatic heterocycles. The Labute approximate surface area is 190 Å². The number of carboxylic acids is 2. The number of para-hydroxylation sites is 2. The summed E-state index contributed by atoms with van der Waals surface area (Å²) in [5.41, 5.74) is -0.150. The number of amides is 2. The minimum Gasteiger partial charge on any atom is -0.507 e. The Bertz CT molecular complexity index is 922. The van der Waals surface area contributed by atoms with Crippen molar-refractivity contribution in [3.05, 3.63) is 59.7 Å². The first-order valence-electron chi connectivity index (χ1n) is 9.08. The van der Waals surface area contributed by atoms with E-state index in [2.05, 4.69) is 10.6 Å². The van der Waals surface area contributed by atoms with E-state index in [0.717, 1.165) is 21.6 Å². The summed E-state index contributed by atoms with van der Waals surface area (Å²) < 4.78 is 0. The maximum atomic E-state index is 12.2. The molecular formula is C20H20N2O8S2. The summed E-state index contributed by atoms with van der Waals surface area (Å²) in [5.74, 6) is -4.91. The SMILES string of the molecule is O=C(N[C@@H](CSSC[C@H](NC(=O)c1ccccc1O)C(=O)O)C(=O)O)c1ccccc1O. The molecule has 2 rings (SSSR count). The second-order valence-corrected chi connectivity index (χ2v) is 8.88. The van der Waals surface area contributed by atoms with Gasteiger partial charge in [0.2, 0.25) is 0 Å². The number of phenols is 2. The number of carbonyl (C=O) groups is 4. The first-order chi connectivity index (χ1) is 15.2. The van der Waals surface area contributed by atoms with Crippen molar-refractivity contribution in [2.75, 3.05) is 11.5 Å². The second-order valence-electron chi connectivity index (χ2n) is 6.33. The molecule has 12 heteroatoms. The van der Waals surface area contributed by atoms with E-state index in [1.165, 1.54) is 48.5 Å². The van der Waals surface area contributed by atoms with E-state index in [1.807, 2.05) is 0 Å². The van der Waals surface area contributed by atoms with Crippen LogP contribution in [0.2, 0.25) is 0 Å². The Hall–Kier alpha value is -3.38. The molecule has 0 radical (unpaired) electrons. The molecule has 0 heterocycles. The van der Waals surface area contributed by atoms with E-state index in [9.17, 15) is 39.6 Å². The van der Waals surface area contributed by atoms with Gasteiger partial charge in [0.15, 0.2) is 0 Å². The lowest BCUT2D eigenvalue weighted by atomic mass is 10.2. The number of phenolic OH excluding ortho intramolecular Hbond substituents is 2. The van der Waals surface area contributed by atoms with Gasteiger partial charge in [0.1, 0.15) is 23.6 Å². The van der Waals surface area contributed by atoms with Crippen LogP contribution in [0.4, 0.5) is 0 Å². The highest BCUT2D eigenvalue weighted by atomic mass is 33.1. The molecule has 0 aliphatic carbocycles. The lowest BCUT2D eigenvalue weighted by Crippen LogP contribution is -2.43. The van der Waals surface area contributed by atoms with Crippen molar-refractivity contribution in [3.63, 3.8) is 0 Å². The molecule has 0 spiro atoms. The van der Waals surface area contributed by atoms with Crippen LogP contribution in [0.25, 0.3) is 0 Å². The summed E-state index contributed by atoms with van der Waals surface area (Å²) >= 11 is 0. The van der Waals surface area contributed by atoms with Crippen molar-refractivity contribution < 1.29 is 39.6 Å². The van der Waals surface area contributed by atoms with E-state index in [1.54, 1.807) is 0 Å². The van der Waals surface area contributed by atoms with E-state index in [-0.39, 0.29) is 34.1 Å². The van der Waals surface area contributed by atoms with Crippen molar-refractivity contribution in [2.24, 2.45) is 0 Å². The maximum absolute atomic E-state index is 12.2.